The van der Waals surface area contributed by atoms with Gasteiger partial charge < -0.3 is 20.1 Å². The minimum absolute atomic E-state index is 0.148. The number of rotatable bonds is 6. The molecule has 1 saturated heterocycles. The molecule has 0 spiro atoms. The van der Waals surface area contributed by atoms with Gasteiger partial charge >= 0.3 is 18.0 Å². The minimum Gasteiger partial charge on any atom is -0.466 e. The Balaban J connectivity index is 2.06. The fourth-order valence-electron chi connectivity index (χ4n) is 2.96. The van der Waals surface area contributed by atoms with Crippen LogP contribution in [0.2, 0.25) is 0 Å². The molecule has 8 nitrogen and oxygen atoms in total. The van der Waals surface area contributed by atoms with Crippen LogP contribution in [-0.2, 0) is 19.1 Å². The zero-order chi connectivity index (χ0) is 17.5. The van der Waals surface area contributed by atoms with E-state index in [1.165, 1.54) is 0 Å². The van der Waals surface area contributed by atoms with Gasteiger partial charge in [-0.2, -0.15) is 0 Å². The van der Waals surface area contributed by atoms with Crippen LogP contribution in [0.15, 0.2) is 11.3 Å². The first-order valence-corrected chi connectivity index (χ1v) is 8.38. The fraction of sp³-hybridized carbons (Fsp3) is 0.688. The van der Waals surface area contributed by atoms with Crippen LogP contribution in [0.25, 0.3) is 0 Å². The van der Waals surface area contributed by atoms with Gasteiger partial charge in [-0.15, -0.1) is 0 Å². The second-order valence-corrected chi connectivity index (χ2v) is 5.81. The highest BCUT2D eigenvalue weighted by Crippen LogP contribution is 2.20. The maximum absolute atomic E-state index is 12.1. The van der Waals surface area contributed by atoms with Crippen molar-refractivity contribution in [2.75, 3.05) is 39.4 Å². The Kier molecular flexibility index (Phi) is 6.60. The molecule has 134 valence electrons. The zero-order valence-corrected chi connectivity index (χ0v) is 14.2. The van der Waals surface area contributed by atoms with Gasteiger partial charge in [0.15, 0.2) is 0 Å². The van der Waals surface area contributed by atoms with Crippen molar-refractivity contribution < 1.29 is 23.9 Å². The molecule has 0 aromatic rings. The minimum atomic E-state index is -0.432. The average molecular weight is 339 g/mol. The number of amides is 2. The molecule has 1 unspecified atom stereocenters. The number of nitrogens with one attached hydrogen (secondary N) is 2. The standard InChI is InChI=1S/C16H25N3O5/c1-3-23-14(20)11-6-5-7-19(9-11)10-13-12(15(21)24-4-2)8-17-16(22)18-13/h11H,3-10H2,1-2H3,(H2,17,18,22). The normalized spacial score (nSPS) is 21.8. The SMILES string of the molecule is CCOC(=O)C1=C(CN2CCCC(C(=O)OCC)C2)NC(=O)NC1. The van der Waals surface area contributed by atoms with Gasteiger partial charge in [0.25, 0.3) is 0 Å². The van der Waals surface area contributed by atoms with Crippen LogP contribution < -0.4 is 10.6 Å². The molecule has 1 fully saturated rings. The molecule has 0 saturated carbocycles. The van der Waals surface area contributed by atoms with Crippen molar-refractivity contribution in [2.45, 2.75) is 26.7 Å². The van der Waals surface area contributed by atoms with E-state index in [1.54, 1.807) is 13.8 Å². The van der Waals surface area contributed by atoms with Crippen molar-refractivity contribution in [2.24, 2.45) is 5.92 Å². The smallest absolute Gasteiger partial charge is 0.337 e. The summed E-state index contributed by atoms with van der Waals surface area (Å²) in [5.74, 6) is -0.780. The molecule has 2 aliphatic rings. The van der Waals surface area contributed by atoms with Crippen LogP contribution in [0.1, 0.15) is 26.7 Å². The second-order valence-electron chi connectivity index (χ2n) is 5.81. The largest absolute Gasteiger partial charge is 0.466 e. The number of piperidine rings is 1. The number of carbonyl (C=O) groups is 3. The van der Waals surface area contributed by atoms with E-state index in [4.69, 9.17) is 9.47 Å². The van der Waals surface area contributed by atoms with Crippen molar-refractivity contribution in [1.29, 1.82) is 0 Å². The summed E-state index contributed by atoms with van der Waals surface area (Å²) in [6.45, 7) is 6.08. The van der Waals surface area contributed by atoms with E-state index in [0.717, 1.165) is 19.4 Å². The van der Waals surface area contributed by atoms with Crippen molar-refractivity contribution in [1.82, 2.24) is 15.5 Å². The number of carbonyl (C=O) groups excluding carboxylic acids is 3. The lowest BCUT2D eigenvalue weighted by molar-refractivity contribution is -0.150. The highest BCUT2D eigenvalue weighted by atomic mass is 16.5. The highest BCUT2D eigenvalue weighted by Gasteiger charge is 2.30. The van der Waals surface area contributed by atoms with Crippen LogP contribution >= 0.6 is 0 Å². The lowest BCUT2D eigenvalue weighted by atomic mass is 9.97. The highest BCUT2D eigenvalue weighted by molar-refractivity contribution is 5.93. The van der Waals surface area contributed by atoms with Gasteiger partial charge in [-0.3, -0.25) is 9.69 Å². The first-order chi connectivity index (χ1) is 11.5. The third-order valence-electron chi connectivity index (χ3n) is 4.08. The van der Waals surface area contributed by atoms with Crippen molar-refractivity contribution in [3.8, 4) is 0 Å². The Morgan fingerprint density at radius 2 is 2.00 bits per heavy atom. The Bertz CT molecular complexity index is 532. The van der Waals surface area contributed by atoms with E-state index in [-0.39, 0.29) is 31.1 Å². The molecule has 1 atom stereocenters. The molecule has 2 amide bonds. The van der Waals surface area contributed by atoms with Crippen LogP contribution in [0, 0.1) is 5.92 Å². The van der Waals surface area contributed by atoms with E-state index < -0.39 is 5.97 Å². The molecular weight excluding hydrogens is 314 g/mol. The first kappa shape index (κ1) is 18.3. The lowest BCUT2D eigenvalue weighted by Crippen LogP contribution is -2.48. The fourth-order valence-corrected chi connectivity index (χ4v) is 2.96. The first-order valence-electron chi connectivity index (χ1n) is 8.38. The maximum Gasteiger partial charge on any atom is 0.337 e. The molecular formula is C16H25N3O5. The van der Waals surface area contributed by atoms with E-state index in [9.17, 15) is 14.4 Å². The molecule has 0 bridgehead atoms. The predicted molar refractivity (Wildman–Crippen MR) is 86.0 cm³/mol. The summed E-state index contributed by atoms with van der Waals surface area (Å²) in [5.41, 5.74) is 0.969. The van der Waals surface area contributed by atoms with Crippen molar-refractivity contribution in [3.63, 3.8) is 0 Å². The van der Waals surface area contributed by atoms with Gasteiger partial charge in [0.05, 0.1) is 31.2 Å². The Labute approximate surface area is 141 Å². The summed E-state index contributed by atoms with van der Waals surface area (Å²) in [6.07, 6.45) is 1.67. The summed E-state index contributed by atoms with van der Waals surface area (Å²) in [7, 11) is 0. The Morgan fingerprint density at radius 3 is 2.71 bits per heavy atom. The maximum atomic E-state index is 12.1. The average Bonchev–Trinajstić information content (AvgIpc) is 2.55. The number of ether oxygens (including phenoxy) is 2. The summed E-state index contributed by atoms with van der Waals surface area (Å²) in [4.78, 5) is 37.6. The van der Waals surface area contributed by atoms with E-state index in [0.29, 0.717) is 31.0 Å². The number of likely N-dealkylation sites (tertiary alicyclic amines) is 1. The van der Waals surface area contributed by atoms with Gasteiger partial charge in [0.2, 0.25) is 0 Å². The van der Waals surface area contributed by atoms with Gasteiger partial charge in [-0.25, -0.2) is 9.59 Å². The topological polar surface area (TPSA) is 97.0 Å². The third-order valence-corrected chi connectivity index (χ3v) is 4.08. The second kappa shape index (κ2) is 8.68. The number of urea groups is 1. The number of nitrogens with zero attached hydrogens (tertiary/aromatic N) is 1. The van der Waals surface area contributed by atoms with Gasteiger partial charge in [0, 0.05) is 18.8 Å². The van der Waals surface area contributed by atoms with E-state index >= 15 is 0 Å². The molecule has 8 heteroatoms. The Hall–Kier alpha value is -2.09. The predicted octanol–water partition coefficient (Wildman–Crippen LogP) is 0.392. The molecule has 2 aliphatic heterocycles. The van der Waals surface area contributed by atoms with Crippen LogP contribution in [-0.4, -0.2) is 62.3 Å². The summed E-state index contributed by atoms with van der Waals surface area (Å²) in [5, 5.41) is 5.27. The van der Waals surface area contributed by atoms with Gasteiger partial charge in [-0.05, 0) is 33.2 Å². The monoisotopic (exact) mass is 339 g/mol. The molecule has 2 heterocycles. The van der Waals surface area contributed by atoms with Crippen LogP contribution in [0.3, 0.4) is 0 Å². The molecule has 0 aliphatic carbocycles. The molecule has 0 aromatic carbocycles. The number of hydrogen-bond acceptors (Lipinski definition) is 6. The summed E-state index contributed by atoms with van der Waals surface area (Å²) >= 11 is 0. The lowest BCUT2D eigenvalue weighted by Gasteiger charge is -2.33. The van der Waals surface area contributed by atoms with E-state index in [2.05, 4.69) is 15.5 Å². The number of esters is 2. The number of hydrogen-bond donors (Lipinski definition) is 2. The van der Waals surface area contributed by atoms with Gasteiger partial charge in [-0.1, -0.05) is 0 Å². The molecule has 0 aromatic heterocycles. The molecule has 2 rings (SSSR count). The summed E-state index contributed by atoms with van der Waals surface area (Å²) < 4.78 is 10.1. The molecule has 2 N–H and O–H groups in total. The van der Waals surface area contributed by atoms with Crippen LogP contribution in [0.4, 0.5) is 4.79 Å². The van der Waals surface area contributed by atoms with Crippen molar-refractivity contribution >= 4 is 18.0 Å². The summed E-state index contributed by atoms with van der Waals surface area (Å²) in [6, 6.07) is -0.336. The molecule has 24 heavy (non-hydrogen) atoms. The van der Waals surface area contributed by atoms with Gasteiger partial charge in [0.1, 0.15) is 0 Å². The zero-order valence-electron chi connectivity index (χ0n) is 14.2. The van der Waals surface area contributed by atoms with E-state index in [1.807, 2.05) is 0 Å². The molecule has 0 radical (unpaired) electrons. The van der Waals surface area contributed by atoms with Crippen LogP contribution in [0.5, 0.6) is 0 Å². The van der Waals surface area contributed by atoms with Crippen molar-refractivity contribution in [3.05, 3.63) is 11.3 Å². The third kappa shape index (κ3) is 4.70. The Morgan fingerprint density at radius 1 is 1.25 bits per heavy atom. The quantitative estimate of drug-likeness (QED) is 0.680.